The van der Waals surface area contributed by atoms with Gasteiger partial charge in [0.25, 0.3) is 5.91 Å². The monoisotopic (exact) mass is 277 g/mol. The average Bonchev–Trinajstić information content (AvgIpc) is 2.45. The third-order valence-corrected chi connectivity index (χ3v) is 3.26. The summed E-state index contributed by atoms with van der Waals surface area (Å²) in [5.74, 6) is 4.03. The lowest BCUT2D eigenvalue weighted by atomic mass is 10.1. The van der Waals surface area contributed by atoms with E-state index in [1.165, 1.54) is 12.1 Å². The molecule has 1 aliphatic rings. The van der Waals surface area contributed by atoms with Crippen LogP contribution in [0.25, 0.3) is 0 Å². The normalized spacial score (nSPS) is 15.7. The Bertz CT molecular complexity index is 554. The van der Waals surface area contributed by atoms with Crippen LogP contribution in [0.2, 0.25) is 0 Å². The van der Waals surface area contributed by atoms with Gasteiger partial charge in [0.15, 0.2) is 0 Å². The van der Waals surface area contributed by atoms with Crippen LogP contribution in [0.1, 0.15) is 28.8 Å². The van der Waals surface area contributed by atoms with Gasteiger partial charge in [0.1, 0.15) is 12.4 Å². The molecule has 1 amide bonds. The Kier molecular flexibility index (Phi) is 4.72. The van der Waals surface area contributed by atoms with Gasteiger partial charge in [-0.3, -0.25) is 4.79 Å². The topological polar surface area (TPSA) is 60.8 Å². The molecule has 5 heteroatoms. The van der Waals surface area contributed by atoms with Crippen LogP contribution in [0, 0.1) is 17.7 Å². The van der Waals surface area contributed by atoms with Gasteiger partial charge in [-0.2, -0.15) is 0 Å². The number of amides is 1. The summed E-state index contributed by atoms with van der Waals surface area (Å²) in [6.07, 6.45) is 0.668. The van der Waals surface area contributed by atoms with Gasteiger partial charge in [-0.1, -0.05) is 11.8 Å². The zero-order valence-electron chi connectivity index (χ0n) is 11.0. The van der Waals surface area contributed by atoms with Crippen LogP contribution >= 0.6 is 0 Å². The SMILES string of the molecule is O=C(c1ccc(C#CCO)cc1F)N1CCC(O)CC1. The van der Waals surface area contributed by atoms with E-state index < -0.39 is 5.82 Å². The summed E-state index contributed by atoms with van der Waals surface area (Å²) in [4.78, 5) is 13.7. The van der Waals surface area contributed by atoms with E-state index in [2.05, 4.69) is 11.8 Å². The molecular formula is C15H16FNO3. The first-order valence-corrected chi connectivity index (χ1v) is 6.48. The summed E-state index contributed by atoms with van der Waals surface area (Å²) in [6.45, 7) is 0.579. The van der Waals surface area contributed by atoms with E-state index in [4.69, 9.17) is 5.11 Å². The van der Waals surface area contributed by atoms with Gasteiger partial charge >= 0.3 is 0 Å². The molecule has 0 unspecified atom stereocenters. The highest BCUT2D eigenvalue weighted by molar-refractivity contribution is 5.94. The van der Waals surface area contributed by atoms with Gasteiger partial charge in [0.05, 0.1) is 11.7 Å². The minimum Gasteiger partial charge on any atom is -0.393 e. The lowest BCUT2D eigenvalue weighted by molar-refractivity contribution is 0.0543. The molecule has 0 aromatic heterocycles. The van der Waals surface area contributed by atoms with Crippen molar-refractivity contribution in [2.75, 3.05) is 19.7 Å². The molecule has 0 spiro atoms. The molecule has 2 rings (SSSR count). The van der Waals surface area contributed by atoms with E-state index in [9.17, 15) is 14.3 Å². The van der Waals surface area contributed by atoms with Crippen molar-refractivity contribution in [3.05, 3.63) is 35.1 Å². The molecule has 0 radical (unpaired) electrons. The van der Waals surface area contributed by atoms with Crippen molar-refractivity contribution < 1.29 is 19.4 Å². The van der Waals surface area contributed by atoms with Gasteiger partial charge in [-0.15, -0.1) is 0 Å². The van der Waals surface area contributed by atoms with E-state index in [1.807, 2.05) is 0 Å². The largest absolute Gasteiger partial charge is 0.393 e. The number of halogens is 1. The molecule has 0 atom stereocenters. The van der Waals surface area contributed by atoms with Gasteiger partial charge in [0.2, 0.25) is 0 Å². The third-order valence-electron chi connectivity index (χ3n) is 3.26. The fraction of sp³-hybridized carbons (Fsp3) is 0.400. The van der Waals surface area contributed by atoms with E-state index in [-0.39, 0.29) is 24.2 Å². The number of hydrogen-bond donors (Lipinski definition) is 2. The zero-order valence-corrected chi connectivity index (χ0v) is 11.0. The molecule has 1 aromatic carbocycles. The summed E-state index contributed by atoms with van der Waals surface area (Å²) in [5.41, 5.74) is 0.429. The highest BCUT2D eigenvalue weighted by atomic mass is 19.1. The van der Waals surface area contributed by atoms with E-state index in [1.54, 1.807) is 11.0 Å². The zero-order chi connectivity index (χ0) is 14.5. The van der Waals surface area contributed by atoms with Crippen LogP contribution in [0.15, 0.2) is 18.2 Å². The van der Waals surface area contributed by atoms with Crippen molar-refractivity contribution in [1.29, 1.82) is 0 Å². The molecule has 1 fully saturated rings. The minimum atomic E-state index is -0.620. The fourth-order valence-corrected chi connectivity index (χ4v) is 2.15. The van der Waals surface area contributed by atoms with Crippen molar-refractivity contribution in [2.45, 2.75) is 18.9 Å². The molecule has 0 saturated carbocycles. The number of aliphatic hydroxyl groups excluding tert-OH is 2. The molecule has 0 aliphatic carbocycles. The number of hydrogen-bond acceptors (Lipinski definition) is 3. The Morgan fingerprint density at radius 2 is 2.10 bits per heavy atom. The summed E-state index contributed by atoms with van der Waals surface area (Å²) in [7, 11) is 0. The van der Waals surface area contributed by atoms with Crippen molar-refractivity contribution >= 4 is 5.91 Å². The summed E-state index contributed by atoms with van der Waals surface area (Å²) < 4.78 is 13.9. The molecule has 20 heavy (non-hydrogen) atoms. The van der Waals surface area contributed by atoms with Crippen molar-refractivity contribution in [3.8, 4) is 11.8 Å². The number of aliphatic hydroxyl groups is 2. The van der Waals surface area contributed by atoms with Crippen molar-refractivity contribution in [1.82, 2.24) is 4.90 Å². The highest BCUT2D eigenvalue weighted by Gasteiger charge is 2.24. The van der Waals surface area contributed by atoms with Gasteiger partial charge in [-0.05, 0) is 31.0 Å². The van der Waals surface area contributed by atoms with Crippen LogP contribution in [-0.2, 0) is 0 Å². The molecule has 1 saturated heterocycles. The Morgan fingerprint density at radius 1 is 1.40 bits per heavy atom. The summed E-state index contributed by atoms with van der Waals surface area (Å²) >= 11 is 0. The molecule has 1 aromatic rings. The van der Waals surface area contributed by atoms with Gasteiger partial charge < -0.3 is 15.1 Å². The molecule has 1 aliphatic heterocycles. The van der Waals surface area contributed by atoms with Gasteiger partial charge in [0, 0.05) is 18.7 Å². The van der Waals surface area contributed by atoms with Crippen molar-refractivity contribution in [3.63, 3.8) is 0 Å². The maximum absolute atomic E-state index is 13.9. The smallest absolute Gasteiger partial charge is 0.256 e. The highest BCUT2D eigenvalue weighted by Crippen LogP contribution is 2.17. The first kappa shape index (κ1) is 14.5. The van der Waals surface area contributed by atoms with E-state index >= 15 is 0 Å². The van der Waals surface area contributed by atoms with Crippen LogP contribution < -0.4 is 0 Å². The van der Waals surface area contributed by atoms with E-state index in [0.717, 1.165) is 0 Å². The number of carbonyl (C=O) groups is 1. The molecule has 1 heterocycles. The molecular weight excluding hydrogens is 261 g/mol. The molecule has 0 bridgehead atoms. The molecule has 106 valence electrons. The Balaban J connectivity index is 2.14. The quantitative estimate of drug-likeness (QED) is 0.745. The second-order valence-electron chi connectivity index (χ2n) is 4.68. The second-order valence-corrected chi connectivity index (χ2v) is 4.68. The number of rotatable bonds is 1. The fourth-order valence-electron chi connectivity index (χ4n) is 2.15. The predicted octanol–water partition coefficient (Wildman–Crippen LogP) is 0.766. The van der Waals surface area contributed by atoms with Crippen LogP contribution in [0.5, 0.6) is 0 Å². The van der Waals surface area contributed by atoms with Crippen LogP contribution in [0.4, 0.5) is 4.39 Å². The van der Waals surface area contributed by atoms with E-state index in [0.29, 0.717) is 31.5 Å². The second kappa shape index (κ2) is 6.51. The number of benzene rings is 1. The first-order chi connectivity index (χ1) is 9.61. The predicted molar refractivity (Wildman–Crippen MR) is 71.5 cm³/mol. The third kappa shape index (κ3) is 3.35. The molecule has 4 nitrogen and oxygen atoms in total. The summed E-state index contributed by atoms with van der Waals surface area (Å²) in [6, 6.07) is 4.15. The van der Waals surface area contributed by atoms with Crippen LogP contribution in [0.3, 0.4) is 0 Å². The summed E-state index contributed by atoms with van der Waals surface area (Å²) in [5, 5.41) is 18.0. The minimum absolute atomic E-state index is 0.0101. The number of likely N-dealkylation sites (tertiary alicyclic amines) is 1. The Morgan fingerprint density at radius 3 is 2.70 bits per heavy atom. The number of piperidine rings is 1. The standard InChI is InChI=1S/C15H16FNO3/c16-14-10-11(2-1-9-18)3-4-13(14)15(20)17-7-5-12(19)6-8-17/h3-4,10,12,18-19H,5-9H2. The number of carbonyl (C=O) groups excluding carboxylic acids is 1. The maximum Gasteiger partial charge on any atom is 0.256 e. The van der Waals surface area contributed by atoms with Crippen LogP contribution in [-0.4, -0.2) is 46.8 Å². The Labute approximate surface area is 116 Å². The molecule has 2 N–H and O–H groups in total. The van der Waals surface area contributed by atoms with Gasteiger partial charge in [-0.25, -0.2) is 4.39 Å². The average molecular weight is 277 g/mol. The van der Waals surface area contributed by atoms with Crippen molar-refractivity contribution in [2.24, 2.45) is 0 Å². The first-order valence-electron chi connectivity index (χ1n) is 6.48. The lowest BCUT2D eigenvalue weighted by Gasteiger charge is -2.29. The number of nitrogens with zero attached hydrogens (tertiary/aromatic N) is 1. The lowest BCUT2D eigenvalue weighted by Crippen LogP contribution is -2.40. The maximum atomic E-state index is 13.9. The Hall–Kier alpha value is -1.90.